The Morgan fingerprint density at radius 1 is 1.00 bits per heavy atom. The lowest BCUT2D eigenvalue weighted by Gasteiger charge is -2.24. The number of ether oxygens (including phenoxy) is 2. The van der Waals surface area contributed by atoms with Gasteiger partial charge in [0.25, 0.3) is 0 Å². The predicted molar refractivity (Wildman–Crippen MR) is 69.9 cm³/mol. The van der Waals surface area contributed by atoms with Crippen molar-refractivity contribution in [1.82, 2.24) is 0 Å². The molecule has 0 fully saturated rings. The molecule has 0 spiro atoms. The quantitative estimate of drug-likeness (QED) is 0.774. The molecule has 1 aromatic rings. The van der Waals surface area contributed by atoms with Crippen LogP contribution >= 0.6 is 0 Å². The third-order valence-electron chi connectivity index (χ3n) is 2.58. The Morgan fingerprint density at radius 3 is 1.88 bits per heavy atom. The molecular formula is C14H23NO2. The highest BCUT2D eigenvalue weighted by Crippen LogP contribution is 2.20. The molecule has 0 aromatic heterocycles. The van der Waals surface area contributed by atoms with E-state index in [1.165, 1.54) is 11.1 Å². The fourth-order valence-corrected chi connectivity index (χ4v) is 1.94. The molecule has 0 bridgehead atoms. The van der Waals surface area contributed by atoms with Crippen LogP contribution in [0.25, 0.3) is 0 Å². The average molecular weight is 237 g/mol. The number of hydrogen-bond acceptors (Lipinski definition) is 3. The van der Waals surface area contributed by atoms with Gasteiger partial charge in [0.15, 0.2) is 6.29 Å². The molecular weight excluding hydrogens is 214 g/mol. The summed E-state index contributed by atoms with van der Waals surface area (Å²) in [5.74, 6) is 0. The summed E-state index contributed by atoms with van der Waals surface area (Å²) in [5.41, 5.74) is 9.68. The summed E-state index contributed by atoms with van der Waals surface area (Å²) >= 11 is 0. The molecule has 1 aromatic carbocycles. The fourth-order valence-electron chi connectivity index (χ4n) is 1.94. The first-order valence-corrected chi connectivity index (χ1v) is 6.15. The maximum Gasteiger partial charge on any atom is 0.176 e. The van der Waals surface area contributed by atoms with Gasteiger partial charge in [0.2, 0.25) is 0 Å². The van der Waals surface area contributed by atoms with Crippen molar-refractivity contribution in [2.24, 2.45) is 5.73 Å². The van der Waals surface area contributed by atoms with Crippen LogP contribution in [0, 0.1) is 13.8 Å². The first-order valence-electron chi connectivity index (χ1n) is 6.15. The van der Waals surface area contributed by atoms with Crippen LogP contribution in [0.1, 0.15) is 36.6 Å². The second kappa shape index (κ2) is 6.74. The summed E-state index contributed by atoms with van der Waals surface area (Å²) in [7, 11) is 0. The minimum Gasteiger partial charge on any atom is -0.351 e. The van der Waals surface area contributed by atoms with Crippen LogP contribution in [0.2, 0.25) is 0 Å². The molecule has 2 N–H and O–H groups in total. The van der Waals surface area contributed by atoms with Crippen LogP contribution in [0.3, 0.4) is 0 Å². The molecule has 0 aliphatic rings. The Morgan fingerprint density at radius 2 is 1.47 bits per heavy atom. The summed E-state index contributed by atoms with van der Waals surface area (Å²) < 4.78 is 11.1. The molecule has 3 heteroatoms. The van der Waals surface area contributed by atoms with E-state index in [1.807, 2.05) is 13.8 Å². The predicted octanol–water partition coefficient (Wildman–Crippen LogP) is 2.70. The van der Waals surface area contributed by atoms with E-state index in [9.17, 15) is 0 Å². The molecule has 96 valence electrons. The van der Waals surface area contributed by atoms with Crippen LogP contribution in [-0.2, 0) is 9.47 Å². The molecule has 1 atom stereocenters. The van der Waals surface area contributed by atoms with Crippen LogP contribution in [-0.4, -0.2) is 19.5 Å². The number of benzene rings is 1. The Labute approximate surface area is 104 Å². The van der Waals surface area contributed by atoms with Gasteiger partial charge in [-0.05, 0) is 33.3 Å². The topological polar surface area (TPSA) is 44.5 Å². The molecule has 0 radical (unpaired) electrons. The largest absolute Gasteiger partial charge is 0.351 e. The standard InChI is InChI=1S/C14H23NO2/c1-5-16-14(17-6-2)13(15)12-8-10(3)7-11(4)9-12/h7-9,13-14H,5-6,15H2,1-4H3. The summed E-state index contributed by atoms with van der Waals surface area (Å²) in [6.07, 6.45) is -0.369. The van der Waals surface area contributed by atoms with Crippen LogP contribution < -0.4 is 5.73 Å². The van der Waals surface area contributed by atoms with E-state index in [-0.39, 0.29) is 12.3 Å². The van der Waals surface area contributed by atoms with E-state index in [1.54, 1.807) is 0 Å². The zero-order valence-corrected chi connectivity index (χ0v) is 11.2. The van der Waals surface area contributed by atoms with Crippen molar-refractivity contribution in [2.45, 2.75) is 40.0 Å². The highest BCUT2D eigenvalue weighted by Gasteiger charge is 2.20. The van der Waals surface area contributed by atoms with Crippen LogP contribution in [0.5, 0.6) is 0 Å². The maximum absolute atomic E-state index is 6.20. The van der Waals surface area contributed by atoms with Crippen molar-refractivity contribution in [3.63, 3.8) is 0 Å². The molecule has 3 nitrogen and oxygen atoms in total. The lowest BCUT2D eigenvalue weighted by molar-refractivity contribution is -0.149. The van der Waals surface area contributed by atoms with Gasteiger partial charge in [0, 0.05) is 13.2 Å². The summed E-state index contributed by atoms with van der Waals surface area (Å²) in [6.45, 7) is 9.23. The Bertz CT molecular complexity index is 326. The summed E-state index contributed by atoms with van der Waals surface area (Å²) in [4.78, 5) is 0. The number of aryl methyl sites for hydroxylation is 2. The minimum atomic E-state index is -0.369. The van der Waals surface area contributed by atoms with Gasteiger partial charge < -0.3 is 15.2 Å². The van der Waals surface area contributed by atoms with E-state index in [0.29, 0.717) is 13.2 Å². The highest BCUT2D eigenvalue weighted by atomic mass is 16.7. The van der Waals surface area contributed by atoms with Gasteiger partial charge in [-0.25, -0.2) is 0 Å². The van der Waals surface area contributed by atoms with Gasteiger partial charge >= 0.3 is 0 Å². The summed E-state index contributed by atoms with van der Waals surface area (Å²) in [5, 5.41) is 0. The molecule has 1 unspecified atom stereocenters. The van der Waals surface area contributed by atoms with E-state index in [2.05, 4.69) is 32.0 Å². The van der Waals surface area contributed by atoms with Crippen molar-refractivity contribution >= 4 is 0 Å². The van der Waals surface area contributed by atoms with Gasteiger partial charge in [-0.1, -0.05) is 29.3 Å². The second-order valence-electron chi connectivity index (χ2n) is 4.23. The molecule has 0 aliphatic heterocycles. The number of hydrogen-bond donors (Lipinski definition) is 1. The van der Waals surface area contributed by atoms with E-state index in [0.717, 1.165) is 5.56 Å². The van der Waals surface area contributed by atoms with E-state index >= 15 is 0 Å². The molecule has 0 saturated carbocycles. The lowest BCUT2D eigenvalue weighted by atomic mass is 10.0. The molecule has 0 aliphatic carbocycles. The van der Waals surface area contributed by atoms with Gasteiger partial charge in [0.1, 0.15) is 0 Å². The van der Waals surface area contributed by atoms with Crippen molar-refractivity contribution in [3.8, 4) is 0 Å². The van der Waals surface area contributed by atoms with Gasteiger partial charge in [-0.15, -0.1) is 0 Å². The Kier molecular flexibility index (Phi) is 5.62. The molecule has 17 heavy (non-hydrogen) atoms. The normalized spacial score (nSPS) is 13.1. The van der Waals surface area contributed by atoms with Gasteiger partial charge in [0.05, 0.1) is 6.04 Å². The van der Waals surface area contributed by atoms with Crippen molar-refractivity contribution in [1.29, 1.82) is 0 Å². The smallest absolute Gasteiger partial charge is 0.176 e. The van der Waals surface area contributed by atoms with Crippen molar-refractivity contribution < 1.29 is 9.47 Å². The van der Waals surface area contributed by atoms with Gasteiger partial charge in [-0.3, -0.25) is 0 Å². The molecule has 0 heterocycles. The Hall–Kier alpha value is -0.900. The maximum atomic E-state index is 6.20. The number of rotatable bonds is 6. The fraction of sp³-hybridized carbons (Fsp3) is 0.571. The van der Waals surface area contributed by atoms with Crippen LogP contribution in [0.4, 0.5) is 0 Å². The minimum absolute atomic E-state index is 0.242. The second-order valence-corrected chi connectivity index (χ2v) is 4.23. The molecule has 0 saturated heterocycles. The first-order chi connectivity index (χ1) is 8.08. The summed E-state index contributed by atoms with van der Waals surface area (Å²) in [6, 6.07) is 6.06. The first kappa shape index (κ1) is 14.2. The third-order valence-corrected chi connectivity index (χ3v) is 2.58. The van der Waals surface area contributed by atoms with E-state index in [4.69, 9.17) is 15.2 Å². The zero-order chi connectivity index (χ0) is 12.8. The monoisotopic (exact) mass is 237 g/mol. The zero-order valence-electron chi connectivity index (χ0n) is 11.2. The van der Waals surface area contributed by atoms with E-state index < -0.39 is 0 Å². The van der Waals surface area contributed by atoms with Crippen LogP contribution in [0.15, 0.2) is 18.2 Å². The number of nitrogens with two attached hydrogens (primary N) is 1. The highest BCUT2D eigenvalue weighted by molar-refractivity contribution is 5.30. The molecule has 1 rings (SSSR count). The van der Waals surface area contributed by atoms with Crippen molar-refractivity contribution in [2.75, 3.05) is 13.2 Å². The van der Waals surface area contributed by atoms with Gasteiger partial charge in [-0.2, -0.15) is 0 Å². The Balaban J connectivity index is 2.87. The molecule has 0 amide bonds. The van der Waals surface area contributed by atoms with Crippen molar-refractivity contribution in [3.05, 3.63) is 34.9 Å². The SMILES string of the molecule is CCOC(OCC)C(N)c1cc(C)cc(C)c1. The average Bonchev–Trinajstić information content (AvgIpc) is 2.26. The lowest BCUT2D eigenvalue weighted by Crippen LogP contribution is -2.31. The third kappa shape index (κ3) is 4.11.